The lowest BCUT2D eigenvalue weighted by Gasteiger charge is -2.36. The Kier molecular flexibility index (Phi) is 5.30. The molecule has 1 amide bonds. The van der Waals surface area contributed by atoms with Gasteiger partial charge in [-0.3, -0.25) is 4.79 Å². The van der Waals surface area contributed by atoms with Gasteiger partial charge in [-0.05, 0) is 25.3 Å². The first kappa shape index (κ1) is 20.2. The molecule has 154 valence electrons. The van der Waals surface area contributed by atoms with Crippen LogP contribution in [0.4, 0.5) is 8.78 Å². The Morgan fingerprint density at radius 2 is 2.24 bits per heavy atom. The van der Waals surface area contributed by atoms with E-state index >= 15 is 0 Å². The molecule has 29 heavy (non-hydrogen) atoms. The zero-order valence-corrected chi connectivity index (χ0v) is 17.2. The summed E-state index contributed by atoms with van der Waals surface area (Å²) in [6, 6.07) is -0.417. The number of nitrogens with two attached hydrogens (primary N) is 1. The van der Waals surface area contributed by atoms with Crippen LogP contribution in [-0.4, -0.2) is 38.5 Å². The summed E-state index contributed by atoms with van der Waals surface area (Å²) in [5.41, 5.74) is 8.05. The molecule has 10 heteroatoms. The van der Waals surface area contributed by atoms with Crippen molar-refractivity contribution in [3.05, 3.63) is 39.4 Å². The van der Waals surface area contributed by atoms with E-state index in [1.807, 2.05) is 6.92 Å². The number of hydrogen-bond donors (Lipinski definition) is 2. The molecule has 1 saturated carbocycles. The summed E-state index contributed by atoms with van der Waals surface area (Å²) in [5.74, 6) is -3.54. The normalized spacial score (nSPS) is 21.4. The molecule has 0 unspecified atom stereocenters. The van der Waals surface area contributed by atoms with Crippen molar-refractivity contribution in [3.8, 4) is 11.1 Å². The fourth-order valence-electron chi connectivity index (χ4n) is 3.71. The Bertz CT molecular complexity index is 1070. The molecule has 3 aromatic heterocycles. The van der Waals surface area contributed by atoms with Crippen molar-refractivity contribution in [3.63, 3.8) is 0 Å². The van der Waals surface area contributed by atoms with Gasteiger partial charge in [0.05, 0.1) is 22.3 Å². The smallest absolute Gasteiger partial charge is 0.269 e. The molecule has 0 aliphatic heterocycles. The van der Waals surface area contributed by atoms with Crippen molar-refractivity contribution in [2.75, 3.05) is 0 Å². The second kappa shape index (κ2) is 7.62. The van der Waals surface area contributed by atoms with Crippen LogP contribution in [0.25, 0.3) is 16.8 Å². The lowest BCUT2D eigenvalue weighted by atomic mass is 9.87. The van der Waals surface area contributed by atoms with Crippen LogP contribution in [0.1, 0.15) is 40.7 Å². The number of carbonyl (C=O) groups excluding carboxylic acids is 1. The summed E-state index contributed by atoms with van der Waals surface area (Å²) in [4.78, 5) is 18.4. The fraction of sp³-hybridized carbons (Fsp3) is 0.421. The van der Waals surface area contributed by atoms with Crippen LogP contribution in [0.15, 0.2) is 24.7 Å². The number of aryl methyl sites for hydroxylation is 1. The van der Waals surface area contributed by atoms with Crippen molar-refractivity contribution in [1.29, 1.82) is 0 Å². The molecule has 1 fully saturated rings. The molecule has 2 atom stereocenters. The highest BCUT2D eigenvalue weighted by Gasteiger charge is 2.46. The summed E-state index contributed by atoms with van der Waals surface area (Å²) < 4.78 is 30.1. The van der Waals surface area contributed by atoms with Crippen LogP contribution in [0, 0.1) is 0 Å². The molecule has 3 heterocycles. The zero-order chi connectivity index (χ0) is 20.8. The van der Waals surface area contributed by atoms with Gasteiger partial charge in [-0.15, -0.1) is 11.3 Å². The average Bonchev–Trinajstić information content (AvgIpc) is 3.27. The molecular formula is C19H20ClF2N5OS. The minimum atomic E-state index is -3.01. The van der Waals surface area contributed by atoms with E-state index in [0.717, 1.165) is 16.0 Å². The molecule has 3 N–H and O–H groups in total. The summed E-state index contributed by atoms with van der Waals surface area (Å²) >= 11 is 7.24. The second-order valence-electron chi connectivity index (χ2n) is 7.17. The van der Waals surface area contributed by atoms with Crippen LogP contribution in [-0.2, 0) is 6.42 Å². The van der Waals surface area contributed by atoms with Crippen molar-refractivity contribution < 1.29 is 13.6 Å². The predicted octanol–water partition coefficient (Wildman–Crippen LogP) is 3.92. The molecule has 4 rings (SSSR count). The first-order chi connectivity index (χ1) is 13.8. The number of fused-ring (bicyclic) bond motifs is 1. The maximum Gasteiger partial charge on any atom is 0.269 e. The van der Waals surface area contributed by atoms with E-state index in [2.05, 4.69) is 15.4 Å². The van der Waals surface area contributed by atoms with Gasteiger partial charge < -0.3 is 11.1 Å². The van der Waals surface area contributed by atoms with Gasteiger partial charge in [0.15, 0.2) is 5.65 Å². The number of alkyl halides is 2. The number of hydrogen-bond acceptors (Lipinski definition) is 5. The number of halogens is 3. The molecule has 6 nitrogen and oxygen atoms in total. The van der Waals surface area contributed by atoms with Gasteiger partial charge in [-0.1, -0.05) is 18.5 Å². The average molecular weight is 440 g/mol. The summed E-state index contributed by atoms with van der Waals surface area (Å²) in [6.07, 6.45) is 6.07. The highest BCUT2D eigenvalue weighted by Crippen LogP contribution is 2.36. The summed E-state index contributed by atoms with van der Waals surface area (Å²) in [6.45, 7) is 1.97. The third-order valence-electron chi connectivity index (χ3n) is 5.19. The highest BCUT2D eigenvalue weighted by atomic mass is 35.5. The quantitative estimate of drug-likeness (QED) is 0.645. The van der Waals surface area contributed by atoms with Gasteiger partial charge in [-0.2, -0.15) is 5.10 Å². The molecule has 1 aliphatic rings. The van der Waals surface area contributed by atoms with Gasteiger partial charge in [0.25, 0.3) is 11.8 Å². The number of nitrogens with one attached hydrogen (secondary N) is 1. The molecule has 0 spiro atoms. The number of nitrogens with zero attached hydrogens (tertiary/aromatic N) is 3. The molecule has 0 aromatic carbocycles. The maximum absolute atomic E-state index is 14.3. The van der Waals surface area contributed by atoms with Crippen LogP contribution in [0.2, 0.25) is 5.02 Å². The molecule has 0 bridgehead atoms. The van der Waals surface area contributed by atoms with E-state index in [-0.39, 0.29) is 6.42 Å². The molecule has 0 saturated heterocycles. The zero-order valence-electron chi connectivity index (χ0n) is 15.7. The number of amides is 1. The van der Waals surface area contributed by atoms with Crippen molar-refractivity contribution >= 4 is 34.5 Å². The van der Waals surface area contributed by atoms with Gasteiger partial charge in [0.2, 0.25) is 0 Å². The Balaban J connectivity index is 1.66. The lowest BCUT2D eigenvalue weighted by molar-refractivity contribution is -0.0674. The van der Waals surface area contributed by atoms with E-state index < -0.39 is 23.9 Å². The number of thiophene rings is 1. The Labute approximate surface area is 175 Å². The van der Waals surface area contributed by atoms with E-state index in [0.29, 0.717) is 34.8 Å². The first-order valence-corrected chi connectivity index (χ1v) is 10.6. The Morgan fingerprint density at radius 3 is 2.97 bits per heavy atom. The van der Waals surface area contributed by atoms with Crippen molar-refractivity contribution in [1.82, 2.24) is 19.9 Å². The molecule has 0 radical (unpaired) electrons. The SMILES string of the molecule is CCc1sc(C(=O)N[C@@H]2[C@@H](N)CCCC2(F)F)cc1-c1cnn2cc(Cl)cnc12. The van der Waals surface area contributed by atoms with E-state index in [1.165, 1.54) is 17.5 Å². The van der Waals surface area contributed by atoms with Crippen molar-refractivity contribution in [2.45, 2.75) is 50.6 Å². The maximum atomic E-state index is 14.3. The number of rotatable bonds is 4. The predicted molar refractivity (Wildman–Crippen MR) is 109 cm³/mol. The van der Waals surface area contributed by atoms with E-state index in [1.54, 1.807) is 23.0 Å². The highest BCUT2D eigenvalue weighted by molar-refractivity contribution is 7.14. The van der Waals surface area contributed by atoms with Crippen LogP contribution < -0.4 is 11.1 Å². The third-order valence-corrected chi connectivity index (χ3v) is 6.66. The molecule has 1 aliphatic carbocycles. The Hall–Kier alpha value is -2.10. The molecular weight excluding hydrogens is 420 g/mol. The van der Waals surface area contributed by atoms with Crippen LogP contribution >= 0.6 is 22.9 Å². The van der Waals surface area contributed by atoms with Crippen LogP contribution in [0.3, 0.4) is 0 Å². The minimum Gasteiger partial charge on any atom is -0.341 e. The Morgan fingerprint density at radius 1 is 1.45 bits per heavy atom. The van der Waals surface area contributed by atoms with E-state index in [4.69, 9.17) is 17.3 Å². The fourth-order valence-corrected chi connectivity index (χ4v) is 4.87. The summed E-state index contributed by atoms with van der Waals surface area (Å²) in [7, 11) is 0. The molecule has 3 aromatic rings. The van der Waals surface area contributed by atoms with Gasteiger partial charge >= 0.3 is 0 Å². The lowest BCUT2D eigenvalue weighted by Crippen LogP contribution is -2.59. The standard InChI is InChI=1S/C19H20ClF2N5OS/c1-2-14-11(12-8-25-27-9-10(20)7-24-17(12)27)6-15(29-14)18(28)26-16-13(23)4-3-5-19(16,21)22/h6-9,13,16H,2-5,23H2,1H3,(H,26,28)/t13-,16+/m0/s1. The van der Waals surface area contributed by atoms with Crippen molar-refractivity contribution in [2.24, 2.45) is 5.73 Å². The van der Waals surface area contributed by atoms with E-state index in [9.17, 15) is 13.6 Å². The number of aromatic nitrogens is 3. The van der Waals surface area contributed by atoms with Gasteiger partial charge in [0, 0.05) is 34.7 Å². The largest absolute Gasteiger partial charge is 0.341 e. The monoisotopic (exact) mass is 439 g/mol. The summed E-state index contributed by atoms with van der Waals surface area (Å²) in [5, 5.41) is 7.19. The topological polar surface area (TPSA) is 85.3 Å². The minimum absolute atomic E-state index is 0.266. The first-order valence-electron chi connectivity index (χ1n) is 9.36. The van der Waals surface area contributed by atoms with Crippen LogP contribution in [0.5, 0.6) is 0 Å². The number of carbonyl (C=O) groups is 1. The second-order valence-corrected chi connectivity index (χ2v) is 8.74. The third kappa shape index (κ3) is 3.74. The van der Waals surface area contributed by atoms with Gasteiger partial charge in [0.1, 0.15) is 6.04 Å². The van der Waals surface area contributed by atoms with Gasteiger partial charge in [-0.25, -0.2) is 18.3 Å².